The van der Waals surface area contributed by atoms with Gasteiger partial charge in [-0.1, -0.05) is 47.6 Å². The summed E-state index contributed by atoms with van der Waals surface area (Å²) in [5.41, 5.74) is 1.58. The van der Waals surface area contributed by atoms with E-state index in [1.165, 1.54) is 0 Å². The Bertz CT molecular complexity index is 1010. The summed E-state index contributed by atoms with van der Waals surface area (Å²) in [6.07, 6.45) is -0.496. The zero-order valence-corrected chi connectivity index (χ0v) is 19.1. The monoisotopic (exact) mass is 491 g/mol. The third-order valence-electron chi connectivity index (χ3n) is 4.75. The molecule has 0 aromatic heterocycles. The largest absolute Gasteiger partial charge is 0.489 e. The molecule has 0 bridgehead atoms. The number of nitrogens with one attached hydrogen (secondary N) is 1. The van der Waals surface area contributed by atoms with Crippen molar-refractivity contribution < 1.29 is 33.8 Å². The second-order valence-electron chi connectivity index (χ2n) is 7.37. The molecule has 2 atom stereocenters. The van der Waals surface area contributed by atoms with Gasteiger partial charge in [0, 0.05) is 16.7 Å². The number of amides is 2. The van der Waals surface area contributed by atoms with E-state index in [0.29, 0.717) is 22.8 Å². The van der Waals surface area contributed by atoms with Gasteiger partial charge in [0.1, 0.15) is 12.4 Å². The van der Waals surface area contributed by atoms with E-state index in [0.717, 1.165) is 17.3 Å². The Morgan fingerprint density at radius 3 is 2.58 bits per heavy atom. The minimum atomic E-state index is -1.08. The van der Waals surface area contributed by atoms with E-state index in [4.69, 9.17) is 26.2 Å². The molecule has 10 heteroatoms. The lowest BCUT2D eigenvalue weighted by Crippen LogP contribution is -2.36. The Morgan fingerprint density at radius 2 is 1.91 bits per heavy atom. The van der Waals surface area contributed by atoms with Crippen molar-refractivity contribution in [1.29, 1.82) is 0 Å². The maximum absolute atomic E-state index is 12.1. The van der Waals surface area contributed by atoms with Crippen LogP contribution in [0.5, 0.6) is 5.75 Å². The number of thioether (sulfide) groups is 1. The number of ether oxygens (including phenoxy) is 2. The Hall–Kier alpha value is -3.04. The molecule has 0 aliphatic carbocycles. The van der Waals surface area contributed by atoms with Crippen molar-refractivity contribution in [2.24, 2.45) is 0 Å². The summed E-state index contributed by atoms with van der Waals surface area (Å²) in [7, 11) is 0. The van der Waals surface area contributed by atoms with Crippen LogP contribution < -0.4 is 10.1 Å². The van der Waals surface area contributed by atoms with Gasteiger partial charge < -0.3 is 14.6 Å². The fourth-order valence-corrected chi connectivity index (χ4v) is 4.38. The number of esters is 1. The first kappa shape index (κ1) is 24.6. The maximum atomic E-state index is 12.1. The normalized spacial score (nSPS) is 16.6. The molecule has 1 heterocycles. The molecule has 33 heavy (non-hydrogen) atoms. The molecule has 1 fully saturated rings. The van der Waals surface area contributed by atoms with Crippen molar-refractivity contribution in [1.82, 2.24) is 5.32 Å². The molecule has 1 aliphatic heterocycles. The summed E-state index contributed by atoms with van der Waals surface area (Å²) in [4.78, 5) is 45.8. The van der Waals surface area contributed by atoms with Crippen molar-refractivity contribution in [3.05, 3.63) is 64.7 Å². The van der Waals surface area contributed by atoms with Gasteiger partial charge >= 0.3 is 11.9 Å². The standard InChI is InChI=1S/C23H22ClNO7S/c24-16-3-1-2-15(11-16)19(32-22(29)9-8-21(27)28)13-31-17-6-4-14(5-7-17)10-18-12-20(26)25-23(30)33-18/h1-7,11,18-19H,8-10,12-13H2,(H,27,28)(H,25,26,30)/t18?,19-/m0/s1. The smallest absolute Gasteiger partial charge is 0.307 e. The van der Waals surface area contributed by atoms with Gasteiger partial charge in [-0.05, 0) is 41.8 Å². The lowest BCUT2D eigenvalue weighted by atomic mass is 10.1. The molecule has 1 unspecified atom stereocenters. The third-order valence-corrected chi connectivity index (χ3v) is 5.97. The molecular formula is C23H22ClNO7S. The molecule has 2 N–H and O–H groups in total. The first-order chi connectivity index (χ1) is 15.8. The summed E-state index contributed by atoms with van der Waals surface area (Å²) < 4.78 is 11.3. The number of hydrogen-bond donors (Lipinski definition) is 2. The summed E-state index contributed by atoms with van der Waals surface area (Å²) >= 11 is 7.17. The van der Waals surface area contributed by atoms with E-state index in [1.807, 2.05) is 12.1 Å². The van der Waals surface area contributed by atoms with E-state index in [9.17, 15) is 19.2 Å². The lowest BCUT2D eigenvalue weighted by Gasteiger charge is -2.20. The number of hydrogen-bond acceptors (Lipinski definition) is 7. The fourth-order valence-electron chi connectivity index (χ4n) is 3.20. The van der Waals surface area contributed by atoms with E-state index in [-0.39, 0.29) is 42.3 Å². The van der Waals surface area contributed by atoms with Crippen LogP contribution in [0.15, 0.2) is 48.5 Å². The second kappa shape index (κ2) is 11.7. The van der Waals surface area contributed by atoms with Crippen LogP contribution in [0.3, 0.4) is 0 Å². The Labute approximate surface area is 199 Å². The van der Waals surface area contributed by atoms with Crippen molar-refractivity contribution >= 4 is 46.4 Å². The molecule has 2 aromatic carbocycles. The van der Waals surface area contributed by atoms with Crippen molar-refractivity contribution in [2.45, 2.75) is 37.0 Å². The van der Waals surface area contributed by atoms with Crippen molar-refractivity contribution in [3.8, 4) is 5.75 Å². The van der Waals surface area contributed by atoms with Gasteiger partial charge in [-0.3, -0.25) is 24.5 Å². The molecule has 2 amide bonds. The van der Waals surface area contributed by atoms with Crippen LogP contribution in [0.2, 0.25) is 5.02 Å². The third kappa shape index (κ3) is 8.11. The predicted octanol–water partition coefficient (Wildman–Crippen LogP) is 4.15. The minimum Gasteiger partial charge on any atom is -0.489 e. The average Bonchev–Trinajstić information content (AvgIpc) is 2.75. The average molecular weight is 492 g/mol. The van der Waals surface area contributed by atoms with Gasteiger partial charge in [0.2, 0.25) is 5.91 Å². The molecule has 3 rings (SSSR count). The lowest BCUT2D eigenvalue weighted by molar-refractivity contribution is -0.153. The van der Waals surface area contributed by atoms with Crippen LogP contribution in [-0.4, -0.2) is 40.0 Å². The molecule has 1 aliphatic rings. The van der Waals surface area contributed by atoms with Gasteiger partial charge in [0.25, 0.3) is 5.24 Å². The molecule has 2 aromatic rings. The number of rotatable bonds is 10. The molecule has 0 spiro atoms. The van der Waals surface area contributed by atoms with Gasteiger partial charge in [-0.2, -0.15) is 0 Å². The van der Waals surface area contributed by atoms with E-state index in [2.05, 4.69) is 5.32 Å². The summed E-state index contributed by atoms with van der Waals surface area (Å²) in [6, 6.07) is 14.0. The topological polar surface area (TPSA) is 119 Å². The van der Waals surface area contributed by atoms with E-state index in [1.54, 1.807) is 36.4 Å². The first-order valence-corrected chi connectivity index (χ1v) is 11.4. The van der Waals surface area contributed by atoms with Gasteiger partial charge in [0.15, 0.2) is 6.10 Å². The SMILES string of the molecule is O=C(O)CCC(=O)O[C@@H](COc1ccc(CC2CC(=O)NC(=O)S2)cc1)c1cccc(Cl)c1. The number of carbonyl (C=O) groups excluding carboxylic acids is 3. The number of carboxylic acid groups (broad SMARTS) is 1. The predicted molar refractivity (Wildman–Crippen MR) is 122 cm³/mol. The Morgan fingerprint density at radius 1 is 1.15 bits per heavy atom. The summed E-state index contributed by atoms with van der Waals surface area (Å²) in [6.45, 7) is 0.00561. The van der Waals surface area contributed by atoms with Crippen LogP contribution in [0.4, 0.5) is 4.79 Å². The van der Waals surface area contributed by atoms with Crippen LogP contribution in [0.25, 0.3) is 0 Å². The molecule has 1 saturated heterocycles. The molecule has 174 valence electrons. The van der Waals surface area contributed by atoms with Crippen molar-refractivity contribution in [2.75, 3.05) is 6.61 Å². The van der Waals surface area contributed by atoms with Gasteiger partial charge in [-0.15, -0.1) is 0 Å². The number of carbonyl (C=O) groups is 4. The van der Waals surface area contributed by atoms with Crippen LogP contribution in [-0.2, 0) is 25.5 Å². The van der Waals surface area contributed by atoms with E-state index >= 15 is 0 Å². The molecule has 0 radical (unpaired) electrons. The minimum absolute atomic E-state index is 0.00561. The van der Waals surface area contributed by atoms with E-state index < -0.39 is 18.0 Å². The Kier molecular flexibility index (Phi) is 8.73. The van der Waals surface area contributed by atoms with Crippen LogP contribution in [0, 0.1) is 0 Å². The molecule has 8 nitrogen and oxygen atoms in total. The fraction of sp³-hybridized carbons (Fsp3) is 0.304. The van der Waals surface area contributed by atoms with Gasteiger partial charge in [0.05, 0.1) is 12.8 Å². The quantitative estimate of drug-likeness (QED) is 0.476. The Balaban J connectivity index is 1.61. The van der Waals surface area contributed by atoms with Crippen LogP contribution >= 0.6 is 23.4 Å². The number of aliphatic carboxylic acids is 1. The highest BCUT2D eigenvalue weighted by molar-refractivity contribution is 8.14. The first-order valence-electron chi connectivity index (χ1n) is 10.2. The zero-order chi connectivity index (χ0) is 23.8. The van der Waals surface area contributed by atoms with Crippen molar-refractivity contribution in [3.63, 3.8) is 0 Å². The van der Waals surface area contributed by atoms with Gasteiger partial charge in [-0.25, -0.2) is 0 Å². The number of imide groups is 1. The highest BCUT2D eigenvalue weighted by Crippen LogP contribution is 2.26. The highest BCUT2D eigenvalue weighted by Gasteiger charge is 2.25. The molecule has 0 saturated carbocycles. The summed E-state index contributed by atoms with van der Waals surface area (Å²) in [5.74, 6) is -1.46. The second-order valence-corrected chi connectivity index (χ2v) is 9.08. The highest BCUT2D eigenvalue weighted by atomic mass is 35.5. The number of benzene rings is 2. The number of carboxylic acids is 1. The maximum Gasteiger partial charge on any atom is 0.307 e. The number of halogens is 1. The van der Waals surface area contributed by atoms with Crippen LogP contribution in [0.1, 0.15) is 36.5 Å². The molecular weight excluding hydrogens is 470 g/mol. The zero-order valence-electron chi connectivity index (χ0n) is 17.5. The summed E-state index contributed by atoms with van der Waals surface area (Å²) in [5, 5.41) is 11.1.